The van der Waals surface area contributed by atoms with Crippen LogP contribution in [-0.4, -0.2) is 65.2 Å². The molecular formula is C17H19ClN4O4. The molecule has 0 amide bonds. The highest BCUT2D eigenvalue weighted by Crippen LogP contribution is 2.17. The number of aromatic amines is 1. The van der Waals surface area contributed by atoms with Gasteiger partial charge in [0.2, 0.25) is 5.88 Å². The Morgan fingerprint density at radius 1 is 1.23 bits per heavy atom. The third kappa shape index (κ3) is 4.21. The van der Waals surface area contributed by atoms with Gasteiger partial charge in [0.15, 0.2) is 0 Å². The molecule has 3 rings (SSSR count). The maximum absolute atomic E-state index is 12.1. The molecule has 138 valence electrons. The molecule has 0 bridgehead atoms. The highest BCUT2D eigenvalue weighted by molar-refractivity contribution is 6.30. The minimum atomic E-state index is -0.736. The second-order valence-electron chi connectivity index (χ2n) is 5.80. The van der Waals surface area contributed by atoms with E-state index in [0.717, 1.165) is 24.2 Å². The number of aliphatic imine (C=N–C) groups is 1. The van der Waals surface area contributed by atoms with Crippen LogP contribution in [-0.2, 0) is 4.74 Å². The maximum atomic E-state index is 12.1. The number of aromatic hydroxyl groups is 1. The predicted molar refractivity (Wildman–Crippen MR) is 99.1 cm³/mol. The van der Waals surface area contributed by atoms with Crippen LogP contribution in [0.15, 0.2) is 38.8 Å². The molecule has 1 fully saturated rings. The number of ether oxygens (including phenoxy) is 1. The van der Waals surface area contributed by atoms with Crippen molar-refractivity contribution in [3.8, 4) is 11.6 Å². The Morgan fingerprint density at radius 3 is 2.62 bits per heavy atom. The van der Waals surface area contributed by atoms with Gasteiger partial charge in [0.05, 0.1) is 25.4 Å². The highest BCUT2D eigenvalue weighted by atomic mass is 35.5. The normalized spacial score (nSPS) is 15.6. The van der Waals surface area contributed by atoms with Crippen molar-refractivity contribution in [1.29, 1.82) is 0 Å². The molecule has 0 unspecified atom stereocenters. The zero-order valence-electron chi connectivity index (χ0n) is 14.0. The van der Waals surface area contributed by atoms with E-state index in [1.165, 1.54) is 6.21 Å². The third-order valence-corrected chi connectivity index (χ3v) is 4.33. The lowest BCUT2D eigenvalue weighted by Crippen LogP contribution is -2.37. The van der Waals surface area contributed by atoms with Gasteiger partial charge in [0, 0.05) is 30.9 Å². The standard InChI is InChI=1S/C17H19ClN4O4/c18-12-1-3-13(4-2-12)22-16(24)14(15(23)20-17(22)25)11-19-5-6-21-7-9-26-10-8-21/h1-4,11,24H,5-10H2,(H,20,23,25). The van der Waals surface area contributed by atoms with E-state index < -0.39 is 17.1 Å². The molecule has 1 aromatic carbocycles. The van der Waals surface area contributed by atoms with E-state index in [0.29, 0.717) is 30.5 Å². The molecule has 0 saturated carbocycles. The Morgan fingerprint density at radius 2 is 1.92 bits per heavy atom. The summed E-state index contributed by atoms with van der Waals surface area (Å²) < 4.78 is 6.28. The van der Waals surface area contributed by atoms with E-state index in [1.54, 1.807) is 24.3 Å². The van der Waals surface area contributed by atoms with Crippen molar-refractivity contribution < 1.29 is 9.84 Å². The van der Waals surface area contributed by atoms with Gasteiger partial charge in [0.1, 0.15) is 5.56 Å². The first-order valence-corrected chi connectivity index (χ1v) is 8.58. The zero-order chi connectivity index (χ0) is 18.5. The highest BCUT2D eigenvalue weighted by Gasteiger charge is 2.14. The molecule has 1 saturated heterocycles. The molecule has 9 heteroatoms. The second-order valence-corrected chi connectivity index (χ2v) is 6.23. The van der Waals surface area contributed by atoms with Crippen LogP contribution in [0.5, 0.6) is 5.88 Å². The molecule has 1 aliphatic heterocycles. The molecule has 2 aromatic rings. The Kier molecular flexibility index (Phi) is 5.87. The van der Waals surface area contributed by atoms with Crippen molar-refractivity contribution >= 4 is 17.8 Å². The Hall–Kier alpha value is -2.42. The number of H-pyrrole nitrogens is 1. The monoisotopic (exact) mass is 378 g/mol. The van der Waals surface area contributed by atoms with Gasteiger partial charge in [-0.2, -0.15) is 0 Å². The summed E-state index contributed by atoms with van der Waals surface area (Å²) in [6, 6.07) is 6.32. The number of halogens is 1. The van der Waals surface area contributed by atoms with Gasteiger partial charge in [-0.05, 0) is 24.3 Å². The largest absolute Gasteiger partial charge is 0.493 e. The Balaban J connectivity index is 1.81. The average Bonchev–Trinajstić information content (AvgIpc) is 2.63. The van der Waals surface area contributed by atoms with E-state index in [2.05, 4.69) is 14.9 Å². The maximum Gasteiger partial charge on any atom is 0.335 e. The number of benzene rings is 1. The summed E-state index contributed by atoms with van der Waals surface area (Å²) in [7, 11) is 0. The van der Waals surface area contributed by atoms with Crippen LogP contribution >= 0.6 is 11.6 Å². The fourth-order valence-corrected chi connectivity index (χ4v) is 2.79. The summed E-state index contributed by atoms with van der Waals surface area (Å²) in [4.78, 5) is 32.7. The van der Waals surface area contributed by atoms with Gasteiger partial charge in [-0.3, -0.25) is 19.7 Å². The van der Waals surface area contributed by atoms with Crippen LogP contribution in [0.25, 0.3) is 5.69 Å². The summed E-state index contributed by atoms with van der Waals surface area (Å²) in [6.07, 6.45) is 1.29. The van der Waals surface area contributed by atoms with Crippen molar-refractivity contribution in [3.05, 3.63) is 55.7 Å². The van der Waals surface area contributed by atoms with Crippen LogP contribution in [0.1, 0.15) is 5.56 Å². The summed E-state index contributed by atoms with van der Waals surface area (Å²) in [5.74, 6) is -0.462. The molecule has 0 aliphatic carbocycles. The minimum Gasteiger partial charge on any atom is -0.493 e. The van der Waals surface area contributed by atoms with E-state index in [1.807, 2.05) is 0 Å². The van der Waals surface area contributed by atoms with Crippen molar-refractivity contribution in [1.82, 2.24) is 14.5 Å². The van der Waals surface area contributed by atoms with Crippen LogP contribution in [0.4, 0.5) is 0 Å². The molecule has 2 heterocycles. The van der Waals surface area contributed by atoms with Crippen LogP contribution < -0.4 is 11.2 Å². The number of hydrogen-bond donors (Lipinski definition) is 2. The van der Waals surface area contributed by atoms with Gasteiger partial charge in [-0.15, -0.1) is 0 Å². The van der Waals surface area contributed by atoms with Gasteiger partial charge < -0.3 is 9.84 Å². The molecule has 0 atom stereocenters. The summed E-state index contributed by atoms with van der Waals surface area (Å²) in [6.45, 7) is 4.31. The van der Waals surface area contributed by atoms with E-state index in [-0.39, 0.29) is 5.56 Å². The molecule has 0 radical (unpaired) electrons. The fourth-order valence-electron chi connectivity index (χ4n) is 2.66. The SMILES string of the molecule is O=c1[nH]c(=O)n(-c2ccc(Cl)cc2)c(O)c1C=NCCN1CCOCC1. The van der Waals surface area contributed by atoms with Gasteiger partial charge in [-0.25, -0.2) is 9.36 Å². The van der Waals surface area contributed by atoms with Crippen molar-refractivity contribution in [2.45, 2.75) is 0 Å². The average molecular weight is 379 g/mol. The lowest BCUT2D eigenvalue weighted by molar-refractivity contribution is 0.0395. The van der Waals surface area contributed by atoms with Crippen molar-refractivity contribution in [2.24, 2.45) is 4.99 Å². The molecule has 1 aromatic heterocycles. The zero-order valence-corrected chi connectivity index (χ0v) is 14.8. The number of nitrogens with zero attached hydrogens (tertiary/aromatic N) is 3. The molecular weight excluding hydrogens is 360 g/mol. The fraction of sp³-hybridized carbons (Fsp3) is 0.353. The van der Waals surface area contributed by atoms with Crippen LogP contribution in [0.3, 0.4) is 0 Å². The predicted octanol–water partition coefficient (Wildman–Crippen LogP) is 0.636. The molecule has 1 aliphatic rings. The lowest BCUT2D eigenvalue weighted by atomic mass is 10.3. The summed E-state index contributed by atoms with van der Waals surface area (Å²) in [5, 5.41) is 10.9. The van der Waals surface area contributed by atoms with Crippen LogP contribution in [0.2, 0.25) is 5.02 Å². The minimum absolute atomic E-state index is 0.0680. The van der Waals surface area contributed by atoms with Crippen molar-refractivity contribution in [2.75, 3.05) is 39.4 Å². The quantitative estimate of drug-likeness (QED) is 0.743. The molecule has 2 N–H and O–H groups in total. The molecule has 26 heavy (non-hydrogen) atoms. The van der Waals surface area contributed by atoms with Crippen LogP contribution in [0, 0.1) is 0 Å². The topological polar surface area (TPSA) is 99.9 Å². The lowest BCUT2D eigenvalue weighted by Gasteiger charge is -2.25. The number of nitrogens with one attached hydrogen (secondary N) is 1. The van der Waals surface area contributed by atoms with Crippen molar-refractivity contribution in [3.63, 3.8) is 0 Å². The number of morpholine rings is 1. The first-order valence-electron chi connectivity index (χ1n) is 8.20. The number of rotatable bonds is 5. The number of hydrogen-bond acceptors (Lipinski definition) is 6. The summed E-state index contributed by atoms with van der Waals surface area (Å²) in [5.41, 5.74) is -1.11. The smallest absolute Gasteiger partial charge is 0.335 e. The van der Waals surface area contributed by atoms with Gasteiger partial charge >= 0.3 is 5.69 Å². The molecule has 0 spiro atoms. The van der Waals surface area contributed by atoms with Gasteiger partial charge in [-0.1, -0.05) is 11.6 Å². The number of aromatic nitrogens is 2. The Labute approximate surface area is 154 Å². The third-order valence-electron chi connectivity index (χ3n) is 4.08. The first kappa shape index (κ1) is 18.4. The van der Waals surface area contributed by atoms with E-state index in [9.17, 15) is 14.7 Å². The Bertz CT molecular complexity index is 898. The van der Waals surface area contributed by atoms with Gasteiger partial charge in [0.25, 0.3) is 5.56 Å². The van der Waals surface area contributed by atoms with E-state index in [4.69, 9.17) is 16.3 Å². The second kappa shape index (κ2) is 8.31. The summed E-state index contributed by atoms with van der Waals surface area (Å²) >= 11 is 5.84. The molecule has 8 nitrogen and oxygen atoms in total. The first-order chi connectivity index (χ1) is 12.6. The van der Waals surface area contributed by atoms with E-state index >= 15 is 0 Å².